The van der Waals surface area contributed by atoms with Gasteiger partial charge in [-0.05, 0) is 43.7 Å². The van der Waals surface area contributed by atoms with E-state index in [2.05, 4.69) is 16.0 Å². The molecule has 132 valence electrons. The van der Waals surface area contributed by atoms with Gasteiger partial charge in [0.15, 0.2) is 0 Å². The second kappa shape index (κ2) is 9.20. The van der Waals surface area contributed by atoms with Crippen LogP contribution in [-0.2, 0) is 4.79 Å². The summed E-state index contributed by atoms with van der Waals surface area (Å²) in [5.41, 5.74) is 2.04. The van der Waals surface area contributed by atoms with Gasteiger partial charge in [-0.25, -0.2) is 0 Å². The van der Waals surface area contributed by atoms with E-state index in [9.17, 15) is 9.59 Å². The number of hydrogen-bond acceptors (Lipinski definition) is 3. The van der Waals surface area contributed by atoms with Gasteiger partial charge in [-0.15, -0.1) is 0 Å². The van der Waals surface area contributed by atoms with Crippen molar-refractivity contribution in [2.24, 2.45) is 0 Å². The fourth-order valence-corrected chi connectivity index (χ4v) is 2.69. The maximum atomic E-state index is 12.1. The molecule has 0 bridgehead atoms. The molecule has 6 heteroatoms. The molecule has 0 aromatic heterocycles. The van der Waals surface area contributed by atoms with Crippen molar-refractivity contribution < 1.29 is 9.59 Å². The molecule has 3 N–H and O–H groups in total. The number of anilines is 1. The number of amides is 2. The van der Waals surface area contributed by atoms with Crippen LogP contribution in [0.1, 0.15) is 35.8 Å². The van der Waals surface area contributed by atoms with Crippen LogP contribution in [-0.4, -0.2) is 24.9 Å². The van der Waals surface area contributed by atoms with Crippen molar-refractivity contribution >= 4 is 29.1 Å². The molecule has 25 heavy (non-hydrogen) atoms. The third kappa shape index (κ3) is 5.59. The third-order valence-corrected chi connectivity index (χ3v) is 4.03. The summed E-state index contributed by atoms with van der Waals surface area (Å²) in [6, 6.07) is 14.3. The number of benzene rings is 2. The van der Waals surface area contributed by atoms with Crippen LogP contribution >= 0.6 is 11.6 Å². The molecule has 0 aliphatic heterocycles. The first-order valence-electron chi connectivity index (χ1n) is 8.17. The lowest BCUT2D eigenvalue weighted by Crippen LogP contribution is -2.30. The van der Waals surface area contributed by atoms with Crippen LogP contribution in [0.15, 0.2) is 48.5 Å². The molecular weight excluding hydrogens is 338 g/mol. The maximum Gasteiger partial charge on any atom is 0.251 e. The largest absolute Gasteiger partial charge is 0.352 e. The topological polar surface area (TPSA) is 70.2 Å². The lowest BCUT2D eigenvalue weighted by molar-refractivity contribution is -0.115. The minimum atomic E-state index is -0.188. The van der Waals surface area contributed by atoms with Crippen LogP contribution in [0.25, 0.3) is 0 Å². The van der Waals surface area contributed by atoms with Crippen molar-refractivity contribution in [3.8, 4) is 0 Å². The molecule has 1 unspecified atom stereocenters. The predicted molar refractivity (Wildman–Crippen MR) is 101 cm³/mol. The van der Waals surface area contributed by atoms with Crippen molar-refractivity contribution in [1.29, 1.82) is 0 Å². The monoisotopic (exact) mass is 359 g/mol. The summed E-state index contributed by atoms with van der Waals surface area (Å²) in [6.45, 7) is 4.50. The molecule has 2 aromatic rings. The van der Waals surface area contributed by atoms with Crippen LogP contribution in [0.3, 0.4) is 0 Å². The summed E-state index contributed by atoms with van der Waals surface area (Å²) in [5, 5.41) is 9.32. The Labute approximate surface area is 152 Å². The van der Waals surface area contributed by atoms with Gasteiger partial charge in [0, 0.05) is 28.9 Å². The molecule has 2 amide bonds. The highest BCUT2D eigenvalue weighted by Crippen LogP contribution is 2.21. The molecule has 2 rings (SSSR count). The SMILES string of the molecule is CCNC(=O)c1cccc(NC(=O)CNC(C)c2ccccc2Cl)c1. The van der Waals surface area contributed by atoms with Gasteiger partial charge in [-0.2, -0.15) is 0 Å². The van der Waals surface area contributed by atoms with E-state index in [4.69, 9.17) is 11.6 Å². The molecule has 2 aromatic carbocycles. The van der Waals surface area contributed by atoms with E-state index in [-0.39, 0.29) is 24.4 Å². The summed E-state index contributed by atoms with van der Waals surface area (Å²) in [7, 11) is 0. The summed E-state index contributed by atoms with van der Waals surface area (Å²) < 4.78 is 0. The van der Waals surface area contributed by atoms with E-state index < -0.39 is 0 Å². The molecule has 0 aliphatic carbocycles. The third-order valence-electron chi connectivity index (χ3n) is 3.69. The maximum absolute atomic E-state index is 12.1. The molecule has 0 aliphatic rings. The van der Waals surface area contributed by atoms with Gasteiger partial charge in [-0.3, -0.25) is 9.59 Å². The second-order valence-electron chi connectivity index (χ2n) is 5.61. The van der Waals surface area contributed by atoms with Gasteiger partial charge in [0.1, 0.15) is 0 Å². The number of carbonyl (C=O) groups is 2. The van der Waals surface area contributed by atoms with Gasteiger partial charge in [-0.1, -0.05) is 35.9 Å². The highest BCUT2D eigenvalue weighted by atomic mass is 35.5. The molecule has 0 spiro atoms. The van der Waals surface area contributed by atoms with E-state index in [0.29, 0.717) is 22.8 Å². The lowest BCUT2D eigenvalue weighted by atomic mass is 10.1. The minimum Gasteiger partial charge on any atom is -0.352 e. The zero-order valence-corrected chi connectivity index (χ0v) is 15.1. The molecule has 0 heterocycles. The summed E-state index contributed by atoms with van der Waals surface area (Å²) in [6.07, 6.45) is 0. The first kappa shape index (κ1) is 19.0. The van der Waals surface area contributed by atoms with Crippen molar-refractivity contribution in [3.63, 3.8) is 0 Å². The van der Waals surface area contributed by atoms with E-state index >= 15 is 0 Å². The van der Waals surface area contributed by atoms with Crippen molar-refractivity contribution in [2.45, 2.75) is 19.9 Å². The summed E-state index contributed by atoms with van der Waals surface area (Å²) in [5.74, 6) is -0.351. The normalized spacial score (nSPS) is 11.6. The number of nitrogens with one attached hydrogen (secondary N) is 3. The van der Waals surface area contributed by atoms with E-state index in [1.165, 1.54) is 0 Å². The van der Waals surface area contributed by atoms with Crippen molar-refractivity contribution in [1.82, 2.24) is 10.6 Å². The van der Waals surface area contributed by atoms with Gasteiger partial charge in [0.05, 0.1) is 6.54 Å². The van der Waals surface area contributed by atoms with E-state index in [1.807, 2.05) is 38.1 Å². The molecule has 0 saturated carbocycles. The number of halogens is 1. The second-order valence-corrected chi connectivity index (χ2v) is 6.02. The molecule has 0 fully saturated rings. The molecular formula is C19H22ClN3O2. The number of rotatable bonds is 7. The fraction of sp³-hybridized carbons (Fsp3) is 0.263. The molecule has 5 nitrogen and oxygen atoms in total. The predicted octanol–water partition coefficient (Wildman–Crippen LogP) is 3.38. The number of carbonyl (C=O) groups excluding carboxylic acids is 2. The Morgan fingerprint density at radius 3 is 2.60 bits per heavy atom. The summed E-state index contributed by atoms with van der Waals surface area (Å²) >= 11 is 6.16. The quantitative estimate of drug-likeness (QED) is 0.709. The van der Waals surface area contributed by atoms with E-state index in [1.54, 1.807) is 24.3 Å². The van der Waals surface area contributed by atoms with Gasteiger partial charge in [0.2, 0.25) is 5.91 Å². The Hall–Kier alpha value is -2.37. The highest BCUT2D eigenvalue weighted by molar-refractivity contribution is 6.31. The first-order valence-corrected chi connectivity index (χ1v) is 8.55. The Kier molecular flexibility index (Phi) is 6.98. The molecule has 0 radical (unpaired) electrons. The molecule has 1 atom stereocenters. The Morgan fingerprint density at radius 2 is 1.88 bits per heavy atom. The Balaban J connectivity index is 1.91. The fourth-order valence-electron chi connectivity index (χ4n) is 2.39. The zero-order valence-electron chi connectivity index (χ0n) is 14.3. The average molecular weight is 360 g/mol. The van der Waals surface area contributed by atoms with Gasteiger partial charge in [0.25, 0.3) is 5.91 Å². The smallest absolute Gasteiger partial charge is 0.251 e. The van der Waals surface area contributed by atoms with Crippen LogP contribution in [0.2, 0.25) is 5.02 Å². The molecule has 0 saturated heterocycles. The van der Waals surface area contributed by atoms with E-state index in [0.717, 1.165) is 5.56 Å². The van der Waals surface area contributed by atoms with Gasteiger partial charge < -0.3 is 16.0 Å². The van der Waals surface area contributed by atoms with Crippen LogP contribution < -0.4 is 16.0 Å². The van der Waals surface area contributed by atoms with Gasteiger partial charge >= 0.3 is 0 Å². The number of hydrogen-bond donors (Lipinski definition) is 3. The van der Waals surface area contributed by atoms with Crippen LogP contribution in [0.4, 0.5) is 5.69 Å². The first-order chi connectivity index (χ1) is 12.0. The zero-order chi connectivity index (χ0) is 18.2. The lowest BCUT2D eigenvalue weighted by Gasteiger charge is -2.15. The van der Waals surface area contributed by atoms with Crippen molar-refractivity contribution in [2.75, 3.05) is 18.4 Å². The van der Waals surface area contributed by atoms with Crippen LogP contribution in [0.5, 0.6) is 0 Å². The Morgan fingerprint density at radius 1 is 1.12 bits per heavy atom. The summed E-state index contributed by atoms with van der Waals surface area (Å²) in [4.78, 5) is 24.0. The Bertz CT molecular complexity index is 749. The van der Waals surface area contributed by atoms with Crippen molar-refractivity contribution in [3.05, 3.63) is 64.7 Å². The average Bonchev–Trinajstić information content (AvgIpc) is 2.60. The minimum absolute atomic E-state index is 0.0545. The standard InChI is InChI=1S/C19H22ClN3O2/c1-3-21-19(25)14-7-6-8-15(11-14)23-18(24)12-22-13(2)16-9-4-5-10-17(16)20/h4-11,13,22H,3,12H2,1-2H3,(H,21,25)(H,23,24). The van der Waals surface area contributed by atoms with Crippen LogP contribution in [0, 0.1) is 0 Å². The highest BCUT2D eigenvalue weighted by Gasteiger charge is 2.11.